The second kappa shape index (κ2) is 7.11. The Morgan fingerprint density at radius 3 is 2.45 bits per heavy atom. The molecule has 3 heteroatoms. The van der Waals surface area contributed by atoms with Crippen molar-refractivity contribution >= 4 is 5.97 Å². The first-order chi connectivity index (χ1) is 13.9. The Bertz CT molecular complexity index is 760. The number of hydrogen-bond donors (Lipinski definition) is 1. The fraction of sp³-hybridized carbons (Fsp3) is 0.731. The molecule has 3 nitrogen and oxygen atoms in total. The van der Waals surface area contributed by atoms with Gasteiger partial charge in [0, 0.05) is 5.41 Å². The molecule has 158 valence electrons. The number of rotatable bonds is 2. The Morgan fingerprint density at radius 1 is 0.931 bits per heavy atom. The molecule has 4 aliphatic rings. The molecule has 8 atom stereocenters. The largest absolute Gasteiger partial charge is 0.458 e. The molecule has 0 bridgehead atoms. The summed E-state index contributed by atoms with van der Waals surface area (Å²) in [6.45, 7) is 4.94. The predicted octanol–water partition coefficient (Wildman–Crippen LogP) is 5.62. The Kier molecular flexibility index (Phi) is 4.81. The van der Waals surface area contributed by atoms with Crippen LogP contribution in [0.5, 0.6) is 0 Å². The van der Waals surface area contributed by atoms with Gasteiger partial charge < -0.3 is 9.84 Å². The predicted molar refractivity (Wildman–Crippen MR) is 113 cm³/mol. The lowest BCUT2D eigenvalue weighted by Gasteiger charge is -2.60. The van der Waals surface area contributed by atoms with Crippen LogP contribution in [0, 0.1) is 34.5 Å². The number of carbonyl (C=O) groups is 1. The lowest BCUT2D eigenvalue weighted by molar-refractivity contribution is -0.134. The molecular formula is C26H36O3. The van der Waals surface area contributed by atoms with E-state index in [0.29, 0.717) is 22.8 Å². The van der Waals surface area contributed by atoms with Gasteiger partial charge in [-0.1, -0.05) is 32.0 Å². The minimum atomic E-state index is -0.156. The molecule has 1 N–H and O–H groups in total. The maximum Gasteiger partial charge on any atom is 0.338 e. The number of carbonyl (C=O) groups excluding carboxylic acids is 1. The van der Waals surface area contributed by atoms with Gasteiger partial charge in [-0.25, -0.2) is 4.79 Å². The molecule has 4 saturated carbocycles. The number of ether oxygens (including phenoxy) is 1. The summed E-state index contributed by atoms with van der Waals surface area (Å²) in [7, 11) is 0. The van der Waals surface area contributed by atoms with E-state index in [4.69, 9.17) is 4.74 Å². The summed E-state index contributed by atoms with van der Waals surface area (Å²) in [6, 6.07) is 9.45. The number of aliphatic hydroxyl groups excluding tert-OH is 1. The summed E-state index contributed by atoms with van der Waals surface area (Å²) < 4.78 is 6.12. The van der Waals surface area contributed by atoms with E-state index in [1.807, 2.05) is 30.3 Å². The fourth-order valence-corrected chi connectivity index (χ4v) is 8.15. The molecule has 0 amide bonds. The third-order valence-electron chi connectivity index (χ3n) is 9.81. The maximum absolute atomic E-state index is 12.7. The molecule has 4 fully saturated rings. The Morgan fingerprint density at radius 2 is 1.66 bits per heavy atom. The first kappa shape index (κ1) is 19.6. The van der Waals surface area contributed by atoms with Gasteiger partial charge in [0.2, 0.25) is 0 Å². The van der Waals surface area contributed by atoms with Crippen LogP contribution in [0.2, 0.25) is 0 Å². The van der Waals surface area contributed by atoms with Crippen molar-refractivity contribution in [3.05, 3.63) is 35.9 Å². The molecule has 5 unspecified atom stereocenters. The van der Waals surface area contributed by atoms with E-state index in [1.165, 1.54) is 38.5 Å². The van der Waals surface area contributed by atoms with Crippen molar-refractivity contribution in [1.82, 2.24) is 0 Å². The van der Waals surface area contributed by atoms with E-state index < -0.39 is 0 Å². The van der Waals surface area contributed by atoms with Gasteiger partial charge in [0.25, 0.3) is 0 Å². The molecule has 4 aliphatic carbocycles. The molecule has 0 aliphatic heterocycles. The van der Waals surface area contributed by atoms with Gasteiger partial charge in [-0.15, -0.1) is 0 Å². The van der Waals surface area contributed by atoms with E-state index in [1.54, 1.807) is 0 Å². The van der Waals surface area contributed by atoms with Crippen molar-refractivity contribution in [3.63, 3.8) is 0 Å². The van der Waals surface area contributed by atoms with Crippen LogP contribution >= 0.6 is 0 Å². The second-order valence-corrected chi connectivity index (χ2v) is 11.0. The molecule has 29 heavy (non-hydrogen) atoms. The Labute approximate surface area is 175 Å². The first-order valence-electron chi connectivity index (χ1n) is 11.9. The molecule has 0 spiro atoms. The highest BCUT2D eigenvalue weighted by atomic mass is 16.5. The number of fused-ring (bicyclic) bond motifs is 5. The lowest BCUT2D eigenvalue weighted by Crippen LogP contribution is -2.54. The number of hydrogen-bond acceptors (Lipinski definition) is 3. The number of aliphatic hydroxyl groups is 1. The molecule has 1 aromatic carbocycles. The maximum atomic E-state index is 12.7. The number of esters is 1. The van der Waals surface area contributed by atoms with Crippen molar-refractivity contribution in [1.29, 1.82) is 0 Å². The van der Waals surface area contributed by atoms with Gasteiger partial charge >= 0.3 is 5.97 Å². The highest BCUT2D eigenvalue weighted by molar-refractivity contribution is 5.89. The van der Waals surface area contributed by atoms with E-state index in [0.717, 1.165) is 31.1 Å². The quantitative estimate of drug-likeness (QED) is 0.660. The van der Waals surface area contributed by atoms with Gasteiger partial charge in [-0.2, -0.15) is 0 Å². The van der Waals surface area contributed by atoms with Crippen LogP contribution in [0.3, 0.4) is 0 Å². The minimum Gasteiger partial charge on any atom is -0.458 e. The molecule has 0 radical (unpaired) electrons. The summed E-state index contributed by atoms with van der Waals surface area (Å²) in [5.74, 6) is 2.78. The van der Waals surface area contributed by atoms with Gasteiger partial charge in [0.15, 0.2) is 0 Å². The molecule has 0 heterocycles. The third kappa shape index (κ3) is 3.07. The molecule has 1 aromatic rings. The van der Waals surface area contributed by atoms with Crippen LogP contribution in [0.1, 0.15) is 82.0 Å². The zero-order chi connectivity index (χ0) is 20.2. The van der Waals surface area contributed by atoms with Crippen molar-refractivity contribution < 1.29 is 14.6 Å². The van der Waals surface area contributed by atoms with E-state index in [9.17, 15) is 9.90 Å². The first-order valence-corrected chi connectivity index (χ1v) is 11.9. The Hall–Kier alpha value is -1.35. The molecule has 0 aromatic heterocycles. The van der Waals surface area contributed by atoms with Gasteiger partial charge in [-0.3, -0.25) is 0 Å². The van der Waals surface area contributed by atoms with Crippen LogP contribution < -0.4 is 0 Å². The van der Waals surface area contributed by atoms with E-state index in [2.05, 4.69) is 13.8 Å². The summed E-state index contributed by atoms with van der Waals surface area (Å²) >= 11 is 0. The van der Waals surface area contributed by atoms with Gasteiger partial charge in [-0.05, 0) is 99.0 Å². The van der Waals surface area contributed by atoms with Crippen molar-refractivity contribution in [2.75, 3.05) is 0 Å². The van der Waals surface area contributed by atoms with Gasteiger partial charge in [0.1, 0.15) is 6.10 Å². The van der Waals surface area contributed by atoms with Gasteiger partial charge in [0.05, 0.1) is 11.7 Å². The summed E-state index contributed by atoms with van der Waals surface area (Å²) in [5, 5.41) is 10.2. The summed E-state index contributed by atoms with van der Waals surface area (Å²) in [5.41, 5.74) is 1.20. The van der Waals surface area contributed by atoms with Crippen LogP contribution in [-0.4, -0.2) is 23.3 Å². The molecular weight excluding hydrogens is 360 g/mol. The average molecular weight is 397 g/mol. The third-order valence-corrected chi connectivity index (χ3v) is 9.81. The van der Waals surface area contributed by atoms with Crippen LogP contribution in [0.4, 0.5) is 0 Å². The monoisotopic (exact) mass is 396 g/mol. The Balaban J connectivity index is 1.34. The van der Waals surface area contributed by atoms with Crippen LogP contribution in [-0.2, 0) is 4.74 Å². The average Bonchev–Trinajstić information content (AvgIpc) is 3.05. The zero-order valence-electron chi connectivity index (χ0n) is 18.0. The van der Waals surface area contributed by atoms with Crippen molar-refractivity contribution in [3.8, 4) is 0 Å². The summed E-state index contributed by atoms with van der Waals surface area (Å²) in [4.78, 5) is 12.7. The van der Waals surface area contributed by atoms with E-state index in [-0.39, 0.29) is 23.6 Å². The van der Waals surface area contributed by atoms with Crippen molar-refractivity contribution in [2.24, 2.45) is 34.5 Å². The zero-order valence-corrected chi connectivity index (χ0v) is 18.0. The number of benzene rings is 1. The minimum absolute atomic E-state index is 0.0554. The van der Waals surface area contributed by atoms with Crippen LogP contribution in [0.25, 0.3) is 0 Å². The highest BCUT2D eigenvalue weighted by Crippen LogP contribution is 2.66. The fourth-order valence-electron chi connectivity index (χ4n) is 8.15. The lowest BCUT2D eigenvalue weighted by atomic mass is 9.45. The van der Waals surface area contributed by atoms with E-state index >= 15 is 0 Å². The molecule has 0 saturated heterocycles. The van der Waals surface area contributed by atoms with Crippen LogP contribution in [0.15, 0.2) is 30.3 Å². The highest BCUT2D eigenvalue weighted by Gasteiger charge is 2.61. The topological polar surface area (TPSA) is 46.5 Å². The SMILES string of the molecule is C[C@]12CCC3C(CC[C@H]4CC(O)CC[C@]34C)C1CCC2OC(=O)c1ccccc1. The standard InChI is InChI=1S/C26H36O3/c1-25-14-12-19(27)16-18(25)8-9-20-21-10-11-23(26(21,2)15-13-22(20)25)29-24(28)17-6-4-3-5-7-17/h3-7,18-23,27H,8-16H2,1-2H3/t18-,19?,20?,21?,22?,23?,25-,26-/m0/s1. The smallest absolute Gasteiger partial charge is 0.338 e. The summed E-state index contributed by atoms with van der Waals surface area (Å²) in [6.07, 6.45) is 10.4. The molecule has 5 rings (SSSR count). The normalized spacial score (nSPS) is 46.3. The second-order valence-electron chi connectivity index (χ2n) is 11.0. The van der Waals surface area contributed by atoms with Crippen molar-refractivity contribution in [2.45, 2.75) is 83.8 Å².